The van der Waals surface area contributed by atoms with E-state index in [0.29, 0.717) is 5.56 Å². The fraction of sp³-hybridized carbons (Fsp3) is 0.294. The lowest BCUT2D eigenvalue weighted by molar-refractivity contribution is -0.0503. The van der Waals surface area contributed by atoms with Gasteiger partial charge in [-0.1, -0.05) is 51.8 Å². The van der Waals surface area contributed by atoms with E-state index in [4.69, 9.17) is 0 Å². The fourth-order valence-electron chi connectivity index (χ4n) is 2.64. The maximum absolute atomic E-state index is 12.5. The topological polar surface area (TPSA) is 9.23 Å². The summed E-state index contributed by atoms with van der Waals surface area (Å²) in [6.07, 6.45) is 0. The highest BCUT2D eigenvalue weighted by atomic mass is 79.9. The zero-order valence-corrected chi connectivity index (χ0v) is 13.7. The molecular formula is C17H17BrF2O. The normalized spacial score (nSPS) is 12.5. The third-order valence-corrected chi connectivity index (χ3v) is 4.35. The fourth-order valence-corrected chi connectivity index (χ4v) is 3.74. The maximum atomic E-state index is 12.5. The Balaban J connectivity index is 2.48. The van der Waals surface area contributed by atoms with Gasteiger partial charge in [0.15, 0.2) is 0 Å². The Hall–Kier alpha value is -1.42. The summed E-state index contributed by atoms with van der Waals surface area (Å²) in [5.41, 5.74) is 5.23. The van der Waals surface area contributed by atoms with Crippen molar-refractivity contribution >= 4 is 15.9 Å². The van der Waals surface area contributed by atoms with Crippen LogP contribution in [0.5, 0.6) is 5.75 Å². The van der Waals surface area contributed by atoms with Crippen molar-refractivity contribution in [3.05, 3.63) is 64.2 Å². The Labute approximate surface area is 132 Å². The van der Waals surface area contributed by atoms with Gasteiger partial charge in [0.2, 0.25) is 0 Å². The highest BCUT2D eigenvalue weighted by molar-refractivity contribution is 9.09. The van der Waals surface area contributed by atoms with Crippen LogP contribution in [0.4, 0.5) is 8.78 Å². The zero-order valence-electron chi connectivity index (χ0n) is 12.2. The third kappa shape index (κ3) is 3.62. The Morgan fingerprint density at radius 2 is 1.57 bits per heavy atom. The van der Waals surface area contributed by atoms with Crippen molar-refractivity contribution in [2.24, 2.45) is 0 Å². The summed E-state index contributed by atoms with van der Waals surface area (Å²) in [6, 6.07) is 11.1. The zero-order chi connectivity index (χ0) is 15.6. The average molecular weight is 355 g/mol. The van der Waals surface area contributed by atoms with Crippen LogP contribution in [-0.4, -0.2) is 6.61 Å². The summed E-state index contributed by atoms with van der Waals surface area (Å²) in [6.45, 7) is 3.27. The summed E-state index contributed by atoms with van der Waals surface area (Å²) >= 11 is 3.64. The molecule has 21 heavy (non-hydrogen) atoms. The van der Waals surface area contributed by atoms with Gasteiger partial charge in [0.25, 0.3) is 0 Å². The molecule has 0 fully saturated rings. The van der Waals surface area contributed by atoms with Crippen molar-refractivity contribution in [2.75, 3.05) is 0 Å². The first-order chi connectivity index (χ1) is 9.90. The van der Waals surface area contributed by atoms with E-state index < -0.39 is 6.61 Å². The van der Waals surface area contributed by atoms with E-state index in [0.717, 1.165) is 16.7 Å². The summed E-state index contributed by atoms with van der Waals surface area (Å²) in [5, 5.41) is 0. The van der Waals surface area contributed by atoms with E-state index >= 15 is 0 Å². The molecule has 0 saturated heterocycles. The van der Waals surface area contributed by atoms with Crippen molar-refractivity contribution in [2.45, 2.75) is 32.2 Å². The van der Waals surface area contributed by atoms with Gasteiger partial charge in [0, 0.05) is 5.56 Å². The third-order valence-electron chi connectivity index (χ3n) is 3.40. The van der Waals surface area contributed by atoms with E-state index in [1.165, 1.54) is 5.56 Å². The molecule has 112 valence electrons. The summed E-state index contributed by atoms with van der Waals surface area (Å²) < 4.78 is 29.7. The van der Waals surface area contributed by atoms with E-state index in [-0.39, 0.29) is 10.6 Å². The number of aryl methyl sites for hydroxylation is 3. The second-order valence-corrected chi connectivity index (χ2v) is 6.01. The monoisotopic (exact) mass is 354 g/mol. The van der Waals surface area contributed by atoms with Crippen LogP contribution in [0.2, 0.25) is 0 Å². The van der Waals surface area contributed by atoms with Gasteiger partial charge in [-0.25, -0.2) is 0 Å². The molecule has 2 aromatic rings. The number of alkyl halides is 3. The number of halogens is 3. The molecule has 2 aromatic carbocycles. The van der Waals surface area contributed by atoms with Crippen molar-refractivity contribution in [1.29, 1.82) is 0 Å². The van der Waals surface area contributed by atoms with Crippen LogP contribution < -0.4 is 4.74 Å². The lowest BCUT2D eigenvalue weighted by atomic mass is 9.94. The number of benzene rings is 2. The molecule has 0 aliphatic heterocycles. The number of para-hydroxylation sites is 1. The maximum Gasteiger partial charge on any atom is 0.387 e. The minimum Gasteiger partial charge on any atom is -0.434 e. The molecule has 0 aliphatic carbocycles. The average Bonchev–Trinajstić information content (AvgIpc) is 2.37. The standard InChI is InChI=1S/C17H17BrF2O/c1-10-8-11(2)15(12(3)9-10)16(18)13-6-4-5-7-14(13)21-17(19)20/h4-9,16-17H,1-3H3. The molecule has 4 heteroatoms. The van der Waals surface area contributed by atoms with Crippen LogP contribution in [0.25, 0.3) is 0 Å². The molecule has 0 spiro atoms. The summed E-state index contributed by atoms with van der Waals surface area (Å²) in [4.78, 5) is -0.187. The lowest BCUT2D eigenvalue weighted by Crippen LogP contribution is -2.07. The molecule has 0 N–H and O–H groups in total. The van der Waals surface area contributed by atoms with Crippen LogP contribution in [0.3, 0.4) is 0 Å². The minimum absolute atomic E-state index is 0.187. The first-order valence-electron chi connectivity index (χ1n) is 6.65. The highest BCUT2D eigenvalue weighted by Crippen LogP contribution is 2.40. The van der Waals surface area contributed by atoms with E-state index in [2.05, 4.69) is 32.8 Å². The quantitative estimate of drug-likeness (QED) is 0.640. The van der Waals surface area contributed by atoms with E-state index in [1.807, 2.05) is 26.8 Å². The second-order valence-electron chi connectivity index (χ2n) is 5.09. The van der Waals surface area contributed by atoms with E-state index in [9.17, 15) is 8.78 Å². The van der Waals surface area contributed by atoms with Crippen LogP contribution in [0.1, 0.15) is 32.6 Å². The van der Waals surface area contributed by atoms with Crippen molar-refractivity contribution in [3.63, 3.8) is 0 Å². The number of rotatable bonds is 4. The number of ether oxygens (including phenoxy) is 1. The molecule has 0 bridgehead atoms. The Bertz CT molecular complexity index is 617. The predicted octanol–water partition coefficient (Wildman–Crippen LogP) is 5.70. The van der Waals surface area contributed by atoms with Crippen molar-refractivity contribution in [3.8, 4) is 5.75 Å². The second kappa shape index (κ2) is 6.56. The summed E-state index contributed by atoms with van der Waals surface area (Å²) in [7, 11) is 0. The molecule has 1 unspecified atom stereocenters. The van der Waals surface area contributed by atoms with Gasteiger partial charge < -0.3 is 4.74 Å². The van der Waals surface area contributed by atoms with Gasteiger partial charge in [-0.2, -0.15) is 8.78 Å². The van der Waals surface area contributed by atoms with Gasteiger partial charge in [0.05, 0.1) is 4.83 Å². The van der Waals surface area contributed by atoms with E-state index in [1.54, 1.807) is 18.2 Å². The minimum atomic E-state index is -2.83. The van der Waals surface area contributed by atoms with Crippen molar-refractivity contribution < 1.29 is 13.5 Å². The smallest absolute Gasteiger partial charge is 0.387 e. The van der Waals surface area contributed by atoms with Crippen LogP contribution in [0.15, 0.2) is 36.4 Å². The highest BCUT2D eigenvalue weighted by Gasteiger charge is 2.20. The molecule has 0 aromatic heterocycles. The SMILES string of the molecule is Cc1cc(C)c(C(Br)c2ccccc2OC(F)F)c(C)c1. The molecule has 0 saturated carbocycles. The first-order valence-corrected chi connectivity index (χ1v) is 7.57. The van der Waals surface area contributed by atoms with Gasteiger partial charge in [-0.3, -0.25) is 0 Å². The predicted molar refractivity (Wildman–Crippen MR) is 84.5 cm³/mol. The molecule has 0 amide bonds. The Morgan fingerprint density at radius 3 is 2.14 bits per heavy atom. The molecule has 0 radical (unpaired) electrons. The molecule has 1 atom stereocenters. The summed E-state index contributed by atoms with van der Waals surface area (Å²) in [5.74, 6) is 0.203. The first kappa shape index (κ1) is 16.0. The van der Waals surface area contributed by atoms with Crippen LogP contribution in [0, 0.1) is 20.8 Å². The Kier molecular flexibility index (Phi) is 4.99. The lowest BCUT2D eigenvalue weighted by Gasteiger charge is -2.20. The molecule has 0 heterocycles. The van der Waals surface area contributed by atoms with Crippen LogP contribution >= 0.6 is 15.9 Å². The largest absolute Gasteiger partial charge is 0.434 e. The number of hydrogen-bond donors (Lipinski definition) is 0. The Morgan fingerprint density at radius 1 is 1.00 bits per heavy atom. The van der Waals surface area contributed by atoms with Gasteiger partial charge in [0.1, 0.15) is 5.75 Å². The molecule has 0 aliphatic rings. The van der Waals surface area contributed by atoms with Gasteiger partial charge in [-0.15, -0.1) is 0 Å². The molecule has 1 nitrogen and oxygen atoms in total. The van der Waals surface area contributed by atoms with Gasteiger partial charge in [-0.05, 0) is 43.5 Å². The molecular weight excluding hydrogens is 338 g/mol. The van der Waals surface area contributed by atoms with Crippen LogP contribution in [-0.2, 0) is 0 Å². The molecule has 2 rings (SSSR count). The van der Waals surface area contributed by atoms with Gasteiger partial charge >= 0.3 is 6.61 Å². The van der Waals surface area contributed by atoms with Crippen molar-refractivity contribution in [1.82, 2.24) is 0 Å². The number of hydrogen-bond acceptors (Lipinski definition) is 1.